The molecule has 0 bridgehead atoms. The van der Waals surface area contributed by atoms with Crippen LogP contribution in [-0.4, -0.2) is 51.9 Å². The number of ketones is 1. The minimum atomic E-state index is -1.58. The minimum Gasteiger partial charge on any atom is -0.393 e. The van der Waals surface area contributed by atoms with Gasteiger partial charge in [0.25, 0.3) is 0 Å². The van der Waals surface area contributed by atoms with Gasteiger partial charge in [0.15, 0.2) is 5.78 Å². The fraction of sp³-hybridized carbons (Fsp3) is 0.750. The number of carbonyl (C=O) groups is 2. The van der Waals surface area contributed by atoms with Gasteiger partial charge in [0.1, 0.15) is 12.1 Å². The van der Waals surface area contributed by atoms with Crippen LogP contribution < -0.4 is 5.32 Å². The highest BCUT2D eigenvalue weighted by molar-refractivity contribution is 5.91. The predicted octanol–water partition coefficient (Wildman–Crippen LogP) is -2.21. The minimum absolute atomic E-state index is 0.491. The van der Waals surface area contributed by atoms with E-state index in [0.717, 1.165) is 0 Å². The average molecular weight is 205 g/mol. The molecule has 0 spiro atoms. The molecule has 0 aliphatic rings. The maximum atomic E-state index is 11.3. The normalized spacial score (nSPS) is 16.9. The molecule has 0 fully saturated rings. The van der Waals surface area contributed by atoms with Crippen LogP contribution in [0, 0.1) is 0 Å². The van der Waals surface area contributed by atoms with Crippen molar-refractivity contribution in [2.24, 2.45) is 0 Å². The smallest absolute Gasteiger partial charge is 0.217 e. The highest BCUT2D eigenvalue weighted by Crippen LogP contribution is 1.99. The van der Waals surface area contributed by atoms with Crippen LogP contribution in [0.2, 0.25) is 0 Å². The maximum absolute atomic E-state index is 11.3. The first-order valence-electron chi connectivity index (χ1n) is 4.18. The van der Waals surface area contributed by atoms with E-state index in [-0.39, 0.29) is 0 Å². The van der Waals surface area contributed by atoms with Crippen LogP contribution in [0.25, 0.3) is 0 Å². The van der Waals surface area contributed by atoms with Crippen LogP contribution in [0.3, 0.4) is 0 Å². The number of aliphatic hydroxyl groups excluding tert-OH is 3. The first-order valence-corrected chi connectivity index (χ1v) is 4.18. The molecule has 0 unspecified atom stereocenters. The van der Waals surface area contributed by atoms with Gasteiger partial charge < -0.3 is 20.6 Å². The van der Waals surface area contributed by atoms with Gasteiger partial charge in [0.2, 0.25) is 5.91 Å². The molecular formula is C8H15NO5. The Kier molecular flexibility index (Phi) is 5.29. The number of aliphatic hydroxyl groups is 3. The largest absolute Gasteiger partial charge is 0.393 e. The molecule has 0 saturated carbocycles. The molecule has 82 valence electrons. The zero-order chi connectivity index (χ0) is 11.3. The molecule has 14 heavy (non-hydrogen) atoms. The number of nitrogens with one attached hydrogen (secondary N) is 1. The lowest BCUT2D eigenvalue weighted by Gasteiger charge is -2.21. The molecule has 1 amide bonds. The Morgan fingerprint density at radius 3 is 2.14 bits per heavy atom. The van der Waals surface area contributed by atoms with Crippen LogP contribution in [0.4, 0.5) is 0 Å². The Morgan fingerprint density at radius 1 is 1.36 bits per heavy atom. The van der Waals surface area contributed by atoms with E-state index in [1.165, 1.54) is 13.8 Å². The number of amides is 1. The molecule has 4 N–H and O–H groups in total. The van der Waals surface area contributed by atoms with Crippen molar-refractivity contribution in [1.29, 1.82) is 0 Å². The number of carbonyl (C=O) groups excluding carboxylic acids is 2. The summed E-state index contributed by atoms with van der Waals surface area (Å²) < 4.78 is 0. The Balaban J connectivity index is 4.49. The molecule has 0 radical (unpaired) electrons. The molecule has 6 nitrogen and oxygen atoms in total. The molecule has 0 saturated heterocycles. The van der Waals surface area contributed by atoms with Gasteiger partial charge in [-0.1, -0.05) is 0 Å². The Bertz CT molecular complexity index is 216. The van der Waals surface area contributed by atoms with E-state index in [4.69, 9.17) is 15.3 Å². The van der Waals surface area contributed by atoms with Crippen LogP contribution in [0.1, 0.15) is 13.8 Å². The lowest BCUT2D eigenvalue weighted by atomic mass is 10.0. The summed E-state index contributed by atoms with van der Waals surface area (Å²) in [7, 11) is 0. The summed E-state index contributed by atoms with van der Waals surface area (Å²) >= 11 is 0. The fourth-order valence-corrected chi connectivity index (χ4v) is 0.946. The maximum Gasteiger partial charge on any atom is 0.217 e. The van der Waals surface area contributed by atoms with Gasteiger partial charge in [-0.2, -0.15) is 0 Å². The van der Waals surface area contributed by atoms with Crippen molar-refractivity contribution in [2.75, 3.05) is 6.61 Å². The monoisotopic (exact) mass is 205 g/mol. The van der Waals surface area contributed by atoms with Crippen molar-refractivity contribution in [2.45, 2.75) is 32.1 Å². The Morgan fingerprint density at radius 2 is 1.86 bits per heavy atom. The second-order valence-electron chi connectivity index (χ2n) is 3.02. The van der Waals surface area contributed by atoms with E-state index in [1.54, 1.807) is 0 Å². The van der Waals surface area contributed by atoms with Gasteiger partial charge in [0, 0.05) is 6.92 Å². The number of hydrogen-bond donors (Lipinski definition) is 4. The first kappa shape index (κ1) is 13.0. The highest BCUT2D eigenvalue weighted by Gasteiger charge is 2.29. The summed E-state index contributed by atoms with van der Waals surface area (Å²) in [5.74, 6) is -1.30. The molecular weight excluding hydrogens is 190 g/mol. The third-order valence-corrected chi connectivity index (χ3v) is 1.65. The van der Waals surface area contributed by atoms with Crippen molar-refractivity contribution in [3.8, 4) is 0 Å². The second-order valence-corrected chi connectivity index (χ2v) is 3.02. The Hall–Kier alpha value is -0.980. The van der Waals surface area contributed by atoms with Crippen LogP contribution in [0.15, 0.2) is 0 Å². The zero-order valence-corrected chi connectivity index (χ0v) is 8.10. The van der Waals surface area contributed by atoms with E-state index in [1.807, 2.05) is 0 Å². The molecule has 0 rings (SSSR count). The molecule has 0 aliphatic heterocycles. The van der Waals surface area contributed by atoms with Gasteiger partial charge in [0.05, 0.1) is 12.7 Å². The molecule has 0 aromatic carbocycles. The highest BCUT2D eigenvalue weighted by atomic mass is 16.3. The van der Waals surface area contributed by atoms with E-state index >= 15 is 0 Å². The van der Waals surface area contributed by atoms with E-state index in [0.29, 0.717) is 0 Å². The zero-order valence-electron chi connectivity index (χ0n) is 8.10. The van der Waals surface area contributed by atoms with Crippen molar-refractivity contribution in [1.82, 2.24) is 5.32 Å². The lowest BCUT2D eigenvalue weighted by Crippen LogP contribution is -2.51. The summed E-state index contributed by atoms with van der Waals surface area (Å²) in [5.41, 5.74) is 0. The van der Waals surface area contributed by atoms with Crippen molar-refractivity contribution >= 4 is 11.7 Å². The molecule has 0 heterocycles. The molecule has 0 aromatic rings. The number of Topliss-reactive ketones (excluding diaryl/α,β-unsaturated/α-hetero) is 1. The number of rotatable bonds is 5. The number of hydrogen-bond acceptors (Lipinski definition) is 5. The SMILES string of the molecule is CC(=O)N[C@H](C(=O)[C@@H](O)CO)[C@H](C)O. The summed E-state index contributed by atoms with van der Waals surface area (Å²) in [6.45, 7) is 1.76. The summed E-state index contributed by atoms with van der Waals surface area (Å²) in [6.07, 6.45) is -2.70. The van der Waals surface area contributed by atoms with Crippen LogP contribution in [-0.2, 0) is 9.59 Å². The predicted molar refractivity (Wildman–Crippen MR) is 47.4 cm³/mol. The lowest BCUT2D eigenvalue weighted by molar-refractivity contribution is -0.136. The summed E-state index contributed by atoms with van der Waals surface area (Å²) in [6, 6.07) is -1.19. The fourth-order valence-electron chi connectivity index (χ4n) is 0.946. The standard InChI is InChI=1S/C8H15NO5/c1-4(11)7(9-5(2)12)8(14)6(13)3-10/h4,6-7,10-11,13H,3H2,1-2H3,(H,9,12)/t4-,6-,7-/m0/s1. The molecule has 0 aromatic heterocycles. The van der Waals surface area contributed by atoms with Crippen molar-refractivity contribution < 1.29 is 24.9 Å². The third kappa shape index (κ3) is 3.82. The van der Waals surface area contributed by atoms with Gasteiger partial charge in [-0.25, -0.2) is 0 Å². The first-order chi connectivity index (χ1) is 6.40. The van der Waals surface area contributed by atoms with Crippen molar-refractivity contribution in [3.05, 3.63) is 0 Å². The van der Waals surface area contributed by atoms with Gasteiger partial charge in [-0.3, -0.25) is 9.59 Å². The van der Waals surface area contributed by atoms with Gasteiger partial charge >= 0.3 is 0 Å². The van der Waals surface area contributed by atoms with Crippen molar-refractivity contribution in [3.63, 3.8) is 0 Å². The summed E-state index contributed by atoms with van der Waals surface area (Å²) in [5, 5.41) is 28.8. The molecule has 6 heteroatoms. The van der Waals surface area contributed by atoms with E-state index < -0.39 is 36.5 Å². The molecule has 0 aliphatic carbocycles. The summed E-state index contributed by atoms with van der Waals surface area (Å²) in [4.78, 5) is 21.9. The van der Waals surface area contributed by atoms with Crippen LogP contribution >= 0.6 is 0 Å². The van der Waals surface area contributed by atoms with Crippen LogP contribution in [0.5, 0.6) is 0 Å². The second kappa shape index (κ2) is 5.69. The van der Waals surface area contributed by atoms with Gasteiger partial charge in [-0.05, 0) is 6.92 Å². The molecule has 3 atom stereocenters. The Labute approximate surface area is 81.5 Å². The van der Waals surface area contributed by atoms with Gasteiger partial charge in [-0.15, -0.1) is 0 Å². The average Bonchev–Trinajstić information content (AvgIpc) is 2.11. The third-order valence-electron chi connectivity index (χ3n) is 1.65. The van der Waals surface area contributed by atoms with E-state index in [2.05, 4.69) is 5.32 Å². The van der Waals surface area contributed by atoms with E-state index in [9.17, 15) is 9.59 Å². The topological polar surface area (TPSA) is 107 Å². The quantitative estimate of drug-likeness (QED) is 0.407.